The fourth-order valence-corrected chi connectivity index (χ4v) is 1.88. The molecule has 0 bridgehead atoms. The molecule has 1 aromatic carbocycles. The van der Waals surface area contributed by atoms with Crippen LogP contribution in [0.5, 0.6) is 0 Å². The number of ether oxygens (including phenoxy) is 1. The van der Waals surface area contributed by atoms with Crippen molar-refractivity contribution >= 4 is 0 Å². The molecule has 0 spiro atoms. The van der Waals surface area contributed by atoms with Crippen LogP contribution < -0.4 is 5.32 Å². The molecule has 1 unspecified atom stereocenters. The van der Waals surface area contributed by atoms with Crippen molar-refractivity contribution in [3.8, 4) is 0 Å². The van der Waals surface area contributed by atoms with E-state index in [1.54, 1.807) is 0 Å². The van der Waals surface area contributed by atoms with Crippen molar-refractivity contribution in [3.05, 3.63) is 34.9 Å². The largest absolute Gasteiger partial charge is 0.374 e. The van der Waals surface area contributed by atoms with Crippen LogP contribution in [-0.2, 0) is 4.74 Å². The minimum absolute atomic E-state index is 0.0896. The van der Waals surface area contributed by atoms with Crippen molar-refractivity contribution in [1.82, 2.24) is 5.32 Å². The average Bonchev–Trinajstić information content (AvgIpc) is 2.19. The highest BCUT2D eigenvalue weighted by atomic mass is 16.5. The third kappa shape index (κ3) is 4.49. The Balaban J connectivity index is 2.79. The van der Waals surface area contributed by atoms with Gasteiger partial charge in [-0.15, -0.1) is 0 Å². The zero-order valence-electron chi connectivity index (χ0n) is 11.9. The lowest BCUT2D eigenvalue weighted by atomic mass is 9.99. The summed E-state index contributed by atoms with van der Waals surface area (Å²) in [6, 6.07) is 6.83. The quantitative estimate of drug-likeness (QED) is 0.864. The molecule has 0 saturated carbocycles. The highest BCUT2D eigenvalue weighted by Crippen LogP contribution is 2.21. The summed E-state index contributed by atoms with van der Waals surface area (Å²) in [5.41, 5.74) is 3.86. The van der Waals surface area contributed by atoms with Crippen LogP contribution in [0.25, 0.3) is 0 Å². The molecule has 0 aliphatic heterocycles. The SMILES string of the molecule is CNC(COC(C)(C)C)c1ccc(C)cc1C. The molecule has 96 valence electrons. The Morgan fingerprint density at radius 2 is 1.88 bits per heavy atom. The second-order valence-corrected chi connectivity index (χ2v) is 5.62. The summed E-state index contributed by atoms with van der Waals surface area (Å²) in [6.45, 7) is 11.2. The Morgan fingerprint density at radius 1 is 1.24 bits per heavy atom. The first-order valence-corrected chi connectivity index (χ1v) is 6.22. The number of rotatable bonds is 4. The van der Waals surface area contributed by atoms with Gasteiger partial charge in [-0.1, -0.05) is 23.8 Å². The van der Waals surface area contributed by atoms with Gasteiger partial charge in [0, 0.05) is 0 Å². The van der Waals surface area contributed by atoms with Crippen LogP contribution in [0.4, 0.5) is 0 Å². The molecule has 0 aromatic heterocycles. The lowest BCUT2D eigenvalue weighted by molar-refractivity contribution is -0.0139. The first-order valence-electron chi connectivity index (χ1n) is 6.22. The molecule has 2 heteroatoms. The van der Waals surface area contributed by atoms with E-state index in [-0.39, 0.29) is 11.6 Å². The standard InChI is InChI=1S/C15H25NO/c1-11-7-8-13(12(2)9-11)14(16-6)10-17-15(3,4)5/h7-9,14,16H,10H2,1-6H3. The fraction of sp³-hybridized carbons (Fsp3) is 0.600. The second kappa shape index (κ2) is 5.65. The van der Waals surface area contributed by atoms with Gasteiger partial charge in [-0.2, -0.15) is 0 Å². The van der Waals surface area contributed by atoms with Crippen molar-refractivity contribution in [2.45, 2.75) is 46.3 Å². The van der Waals surface area contributed by atoms with Gasteiger partial charge >= 0.3 is 0 Å². The van der Waals surface area contributed by atoms with Gasteiger partial charge in [0.05, 0.1) is 18.2 Å². The normalized spacial score (nSPS) is 13.8. The number of nitrogens with one attached hydrogen (secondary N) is 1. The van der Waals surface area contributed by atoms with Gasteiger partial charge in [-0.3, -0.25) is 0 Å². The molecule has 2 nitrogen and oxygen atoms in total. The Hall–Kier alpha value is -0.860. The van der Waals surface area contributed by atoms with E-state index in [0.29, 0.717) is 6.61 Å². The van der Waals surface area contributed by atoms with Crippen LogP contribution in [0.2, 0.25) is 0 Å². The summed E-state index contributed by atoms with van der Waals surface area (Å²) >= 11 is 0. The van der Waals surface area contributed by atoms with E-state index in [0.717, 1.165) is 0 Å². The molecule has 0 saturated heterocycles. The van der Waals surface area contributed by atoms with Gasteiger partial charge in [-0.05, 0) is 52.8 Å². The summed E-state index contributed by atoms with van der Waals surface area (Å²) in [5, 5.41) is 3.33. The van der Waals surface area contributed by atoms with Crippen LogP contribution in [0.15, 0.2) is 18.2 Å². The summed E-state index contributed by atoms with van der Waals surface area (Å²) in [4.78, 5) is 0. The maximum atomic E-state index is 5.86. The Kier molecular flexibility index (Phi) is 4.72. The van der Waals surface area contributed by atoms with Gasteiger partial charge in [-0.25, -0.2) is 0 Å². The zero-order valence-corrected chi connectivity index (χ0v) is 11.9. The maximum Gasteiger partial charge on any atom is 0.0668 e. The van der Waals surface area contributed by atoms with Crippen LogP contribution in [0.1, 0.15) is 43.5 Å². The van der Waals surface area contributed by atoms with E-state index in [1.165, 1.54) is 16.7 Å². The van der Waals surface area contributed by atoms with E-state index in [2.05, 4.69) is 58.1 Å². The summed E-state index contributed by atoms with van der Waals surface area (Å²) < 4.78 is 5.86. The third-order valence-corrected chi connectivity index (χ3v) is 2.83. The van der Waals surface area contributed by atoms with Crippen molar-refractivity contribution in [2.24, 2.45) is 0 Å². The molecule has 17 heavy (non-hydrogen) atoms. The Bertz CT molecular complexity index is 366. The number of hydrogen-bond acceptors (Lipinski definition) is 2. The molecule has 1 aromatic rings. The van der Waals surface area contributed by atoms with Gasteiger partial charge < -0.3 is 10.1 Å². The number of aryl methyl sites for hydroxylation is 2. The van der Waals surface area contributed by atoms with Crippen molar-refractivity contribution in [1.29, 1.82) is 0 Å². The number of likely N-dealkylation sites (N-methyl/N-ethyl adjacent to an activating group) is 1. The third-order valence-electron chi connectivity index (χ3n) is 2.83. The van der Waals surface area contributed by atoms with Crippen LogP contribution in [0, 0.1) is 13.8 Å². The highest BCUT2D eigenvalue weighted by molar-refractivity contribution is 5.32. The van der Waals surface area contributed by atoms with Crippen LogP contribution in [-0.4, -0.2) is 19.3 Å². The number of hydrogen-bond donors (Lipinski definition) is 1. The second-order valence-electron chi connectivity index (χ2n) is 5.62. The topological polar surface area (TPSA) is 21.3 Å². The molecule has 0 heterocycles. The van der Waals surface area contributed by atoms with Crippen molar-refractivity contribution in [3.63, 3.8) is 0 Å². The first-order chi connectivity index (χ1) is 7.83. The smallest absolute Gasteiger partial charge is 0.0668 e. The molecule has 1 rings (SSSR count). The van der Waals surface area contributed by atoms with Crippen LogP contribution >= 0.6 is 0 Å². The Morgan fingerprint density at radius 3 is 2.35 bits per heavy atom. The first kappa shape index (κ1) is 14.2. The molecule has 0 aliphatic rings. The molecule has 0 amide bonds. The predicted octanol–water partition coefficient (Wildman–Crippen LogP) is 3.38. The van der Waals surface area contributed by atoms with E-state index in [9.17, 15) is 0 Å². The van der Waals surface area contributed by atoms with E-state index in [4.69, 9.17) is 4.74 Å². The van der Waals surface area contributed by atoms with Gasteiger partial charge in [0.2, 0.25) is 0 Å². The number of benzene rings is 1. The summed E-state index contributed by atoms with van der Waals surface area (Å²) in [5.74, 6) is 0. The monoisotopic (exact) mass is 235 g/mol. The minimum atomic E-state index is -0.0896. The minimum Gasteiger partial charge on any atom is -0.374 e. The predicted molar refractivity (Wildman–Crippen MR) is 73.4 cm³/mol. The lowest BCUT2D eigenvalue weighted by Gasteiger charge is -2.25. The molecule has 0 aliphatic carbocycles. The van der Waals surface area contributed by atoms with Gasteiger partial charge in [0.15, 0.2) is 0 Å². The molecule has 0 radical (unpaired) electrons. The highest BCUT2D eigenvalue weighted by Gasteiger charge is 2.16. The summed E-state index contributed by atoms with van der Waals surface area (Å²) in [7, 11) is 1.98. The van der Waals surface area contributed by atoms with Crippen LogP contribution in [0.3, 0.4) is 0 Å². The lowest BCUT2D eigenvalue weighted by Crippen LogP contribution is -2.28. The molecular formula is C15H25NO. The van der Waals surface area contributed by atoms with E-state index >= 15 is 0 Å². The van der Waals surface area contributed by atoms with Crippen molar-refractivity contribution < 1.29 is 4.74 Å². The van der Waals surface area contributed by atoms with Crippen molar-refractivity contribution in [2.75, 3.05) is 13.7 Å². The Labute approximate surface area is 105 Å². The molecule has 0 fully saturated rings. The zero-order chi connectivity index (χ0) is 13.1. The van der Waals surface area contributed by atoms with E-state index < -0.39 is 0 Å². The molecular weight excluding hydrogens is 210 g/mol. The molecule has 1 N–H and O–H groups in total. The maximum absolute atomic E-state index is 5.86. The van der Waals surface area contributed by atoms with Gasteiger partial charge in [0.25, 0.3) is 0 Å². The van der Waals surface area contributed by atoms with Gasteiger partial charge in [0.1, 0.15) is 0 Å². The fourth-order valence-electron chi connectivity index (χ4n) is 1.88. The molecule has 1 atom stereocenters. The average molecular weight is 235 g/mol. The van der Waals surface area contributed by atoms with E-state index in [1.807, 2.05) is 7.05 Å². The summed E-state index contributed by atoms with van der Waals surface area (Å²) in [6.07, 6.45) is 0.